The topological polar surface area (TPSA) is 72.1 Å². The molecule has 0 N–H and O–H groups in total. The second-order valence-electron chi connectivity index (χ2n) is 7.24. The summed E-state index contributed by atoms with van der Waals surface area (Å²) in [6.45, 7) is 6.75. The number of rotatable bonds is 4. The predicted molar refractivity (Wildman–Crippen MR) is 98.5 cm³/mol. The van der Waals surface area contributed by atoms with E-state index < -0.39 is 0 Å². The lowest BCUT2D eigenvalue weighted by Gasteiger charge is -2.18. The summed E-state index contributed by atoms with van der Waals surface area (Å²) in [5, 5.41) is 4.03. The number of hydrogen-bond acceptors (Lipinski definition) is 5. The molecule has 1 aromatic carbocycles. The van der Waals surface area contributed by atoms with Crippen LogP contribution in [0, 0.1) is 0 Å². The second-order valence-corrected chi connectivity index (χ2v) is 7.24. The molecule has 3 aromatic rings. The molecule has 2 aromatic heterocycles. The fourth-order valence-electron chi connectivity index (χ4n) is 2.54. The molecule has 0 bridgehead atoms. The van der Waals surface area contributed by atoms with E-state index in [9.17, 15) is 4.79 Å². The van der Waals surface area contributed by atoms with Gasteiger partial charge in [0.25, 0.3) is 5.91 Å². The lowest BCUT2D eigenvalue weighted by molar-refractivity contribution is 0.0769. The maximum atomic E-state index is 12.4. The quantitative estimate of drug-likeness (QED) is 0.717. The Balaban J connectivity index is 1.71. The molecule has 0 spiro atoms. The van der Waals surface area contributed by atoms with Gasteiger partial charge in [0.2, 0.25) is 11.7 Å². The summed E-state index contributed by atoms with van der Waals surface area (Å²) in [6, 6.07) is 11.6. The smallest absolute Gasteiger partial charge is 0.255 e. The van der Waals surface area contributed by atoms with E-state index in [1.54, 1.807) is 25.4 Å². The molecule has 0 saturated heterocycles. The molecule has 0 unspecified atom stereocenters. The highest BCUT2D eigenvalue weighted by Gasteiger charge is 2.17. The van der Waals surface area contributed by atoms with E-state index in [1.165, 1.54) is 16.7 Å². The van der Waals surface area contributed by atoms with Crippen LogP contribution in [0.1, 0.15) is 42.6 Å². The number of pyridine rings is 1. The summed E-state index contributed by atoms with van der Waals surface area (Å²) in [4.78, 5) is 22.2. The number of nitrogens with zero attached hydrogens (tertiary/aromatic N) is 4. The molecule has 2 heterocycles. The highest BCUT2D eigenvalue weighted by atomic mass is 16.5. The van der Waals surface area contributed by atoms with Gasteiger partial charge in [0, 0.05) is 25.0 Å². The van der Waals surface area contributed by atoms with E-state index >= 15 is 0 Å². The van der Waals surface area contributed by atoms with Crippen LogP contribution in [-0.4, -0.2) is 33.0 Å². The van der Waals surface area contributed by atoms with Crippen LogP contribution in [0.15, 0.2) is 53.3 Å². The van der Waals surface area contributed by atoms with Crippen molar-refractivity contribution in [2.24, 2.45) is 0 Å². The molecule has 0 aliphatic heterocycles. The van der Waals surface area contributed by atoms with Gasteiger partial charge < -0.3 is 9.42 Å². The van der Waals surface area contributed by atoms with Crippen molar-refractivity contribution in [3.05, 3.63) is 65.8 Å². The Morgan fingerprint density at radius 3 is 2.50 bits per heavy atom. The predicted octanol–water partition coefficient (Wildman–Crippen LogP) is 3.70. The number of amides is 1. The Bertz CT molecular complexity index is 880. The molecule has 0 saturated carbocycles. The van der Waals surface area contributed by atoms with Gasteiger partial charge >= 0.3 is 0 Å². The van der Waals surface area contributed by atoms with E-state index in [1.807, 2.05) is 12.1 Å². The molecule has 0 fully saturated rings. The fraction of sp³-hybridized carbons (Fsp3) is 0.300. The molecule has 3 rings (SSSR count). The molecule has 26 heavy (non-hydrogen) atoms. The summed E-state index contributed by atoms with van der Waals surface area (Å²) in [6.07, 6.45) is 3.17. The van der Waals surface area contributed by atoms with Gasteiger partial charge in [0.1, 0.15) is 0 Å². The maximum absolute atomic E-state index is 12.4. The van der Waals surface area contributed by atoms with Crippen molar-refractivity contribution in [1.29, 1.82) is 0 Å². The summed E-state index contributed by atoms with van der Waals surface area (Å²) in [5.74, 6) is 0.759. The number of aromatic nitrogens is 3. The van der Waals surface area contributed by atoms with Crippen LogP contribution in [0.3, 0.4) is 0 Å². The van der Waals surface area contributed by atoms with Crippen molar-refractivity contribution in [2.75, 3.05) is 7.05 Å². The molecule has 1 amide bonds. The SMILES string of the molecule is CN(Cc1nc(-c2ccc(C(C)(C)C)cc2)no1)C(=O)c1cccnc1. The van der Waals surface area contributed by atoms with Gasteiger partial charge in [-0.3, -0.25) is 9.78 Å². The van der Waals surface area contributed by atoms with E-state index in [0.717, 1.165) is 5.56 Å². The Kier molecular flexibility index (Phi) is 4.84. The van der Waals surface area contributed by atoms with Crippen LogP contribution in [0.2, 0.25) is 0 Å². The minimum absolute atomic E-state index is 0.0936. The lowest BCUT2D eigenvalue weighted by Crippen LogP contribution is -2.26. The van der Waals surface area contributed by atoms with Gasteiger partial charge in [0.15, 0.2) is 0 Å². The van der Waals surface area contributed by atoms with E-state index in [2.05, 4.69) is 48.0 Å². The van der Waals surface area contributed by atoms with Crippen molar-refractivity contribution < 1.29 is 9.32 Å². The summed E-state index contributed by atoms with van der Waals surface area (Å²) >= 11 is 0. The van der Waals surface area contributed by atoms with Crippen molar-refractivity contribution in [2.45, 2.75) is 32.7 Å². The van der Waals surface area contributed by atoms with Crippen LogP contribution in [0.25, 0.3) is 11.4 Å². The van der Waals surface area contributed by atoms with Crippen molar-refractivity contribution in [3.8, 4) is 11.4 Å². The Morgan fingerprint density at radius 1 is 1.15 bits per heavy atom. The van der Waals surface area contributed by atoms with Gasteiger partial charge in [-0.15, -0.1) is 0 Å². The highest BCUT2D eigenvalue weighted by Crippen LogP contribution is 2.25. The first kappa shape index (κ1) is 17.8. The number of hydrogen-bond donors (Lipinski definition) is 0. The Hall–Kier alpha value is -3.02. The lowest BCUT2D eigenvalue weighted by atomic mass is 9.87. The Labute approximate surface area is 152 Å². The average Bonchev–Trinajstić information content (AvgIpc) is 3.09. The van der Waals surface area contributed by atoms with Crippen LogP contribution < -0.4 is 0 Å². The van der Waals surface area contributed by atoms with Crippen LogP contribution in [-0.2, 0) is 12.0 Å². The molecular weight excluding hydrogens is 328 g/mol. The Morgan fingerprint density at radius 2 is 1.88 bits per heavy atom. The third kappa shape index (κ3) is 3.96. The monoisotopic (exact) mass is 350 g/mol. The van der Waals surface area contributed by atoms with Gasteiger partial charge in [0.05, 0.1) is 12.1 Å². The van der Waals surface area contributed by atoms with Gasteiger partial charge in [-0.2, -0.15) is 4.98 Å². The van der Waals surface area contributed by atoms with Gasteiger partial charge in [-0.25, -0.2) is 0 Å². The standard InChI is InChI=1S/C20H22N4O2/c1-20(2,3)16-9-7-14(8-10-16)18-22-17(26-23-18)13-24(4)19(25)15-6-5-11-21-12-15/h5-12H,13H2,1-4H3. The largest absolute Gasteiger partial charge is 0.337 e. The van der Waals surface area contributed by atoms with Crippen molar-refractivity contribution in [1.82, 2.24) is 20.0 Å². The highest BCUT2D eigenvalue weighted by molar-refractivity contribution is 5.93. The first-order valence-corrected chi connectivity index (χ1v) is 8.43. The normalized spacial score (nSPS) is 11.4. The zero-order valence-electron chi connectivity index (χ0n) is 15.4. The second kappa shape index (κ2) is 7.07. The van der Waals surface area contributed by atoms with Crippen molar-refractivity contribution in [3.63, 3.8) is 0 Å². The number of carbonyl (C=O) groups is 1. The molecule has 0 aliphatic rings. The maximum Gasteiger partial charge on any atom is 0.255 e. The average molecular weight is 350 g/mol. The molecule has 0 atom stereocenters. The molecule has 0 radical (unpaired) electrons. The molecule has 0 aliphatic carbocycles. The zero-order chi connectivity index (χ0) is 18.7. The zero-order valence-corrected chi connectivity index (χ0v) is 15.4. The van der Waals surface area contributed by atoms with Gasteiger partial charge in [-0.05, 0) is 23.1 Å². The molecule has 134 valence electrons. The number of carbonyl (C=O) groups excluding carboxylic acids is 1. The molecule has 6 heteroatoms. The van der Waals surface area contributed by atoms with E-state index in [4.69, 9.17) is 4.52 Å². The van der Waals surface area contributed by atoms with E-state index in [-0.39, 0.29) is 17.9 Å². The summed E-state index contributed by atoms with van der Waals surface area (Å²) < 4.78 is 5.30. The summed E-state index contributed by atoms with van der Waals surface area (Å²) in [7, 11) is 1.69. The summed E-state index contributed by atoms with van der Waals surface area (Å²) in [5.41, 5.74) is 2.74. The third-order valence-electron chi connectivity index (χ3n) is 4.10. The van der Waals surface area contributed by atoms with E-state index in [0.29, 0.717) is 17.3 Å². The molecular formula is C20H22N4O2. The first-order chi connectivity index (χ1) is 12.3. The number of benzene rings is 1. The first-order valence-electron chi connectivity index (χ1n) is 8.43. The minimum atomic E-state index is -0.146. The van der Waals surface area contributed by atoms with Crippen LogP contribution in [0.4, 0.5) is 0 Å². The fourth-order valence-corrected chi connectivity index (χ4v) is 2.54. The van der Waals surface area contributed by atoms with Crippen molar-refractivity contribution >= 4 is 5.91 Å². The van der Waals surface area contributed by atoms with Crippen LogP contribution >= 0.6 is 0 Å². The minimum Gasteiger partial charge on any atom is -0.337 e. The van der Waals surface area contributed by atoms with Crippen LogP contribution in [0.5, 0.6) is 0 Å². The van der Waals surface area contributed by atoms with Gasteiger partial charge in [-0.1, -0.05) is 50.2 Å². The third-order valence-corrected chi connectivity index (χ3v) is 4.10. The molecule has 6 nitrogen and oxygen atoms in total.